The van der Waals surface area contributed by atoms with Crippen molar-refractivity contribution >= 4 is 11.3 Å². The van der Waals surface area contributed by atoms with Gasteiger partial charge in [-0.3, -0.25) is 0 Å². The van der Waals surface area contributed by atoms with E-state index in [1.807, 2.05) is 30.3 Å². The topological polar surface area (TPSA) is 29.5 Å². The second kappa shape index (κ2) is 6.42. The summed E-state index contributed by atoms with van der Waals surface area (Å²) in [6.45, 7) is 0.355. The number of aliphatic hydroxyl groups excluding tert-OH is 1. The minimum Gasteiger partial charge on any atom is -0.491 e. The summed E-state index contributed by atoms with van der Waals surface area (Å²) in [4.78, 5) is 0. The molecule has 1 N–H and O–H groups in total. The van der Waals surface area contributed by atoms with E-state index in [0.29, 0.717) is 6.61 Å². The molecule has 0 radical (unpaired) electrons. The first-order valence-electron chi connectivity index (χ1n) is 5.71. The molecule has 1 unspecified atom stereocenters. The van der Waals surface area contributed by atoms with Gasteiger partial charge in [0.2, 0.25) is 0 Å². The van der Waals surface area contributed by atoms with Crippen molar-refractivity contribution < 1.29 is 9.84 Å². The molecule has 0 amide bonds. The molecule has 1 atom stereocenters. The summed E-state index contributed by atoms with van der Waals surface area (Å²) < 4.78 is 5.49. The number of benzene rings is 1. The van der Waals surface area contributed by atoms with Gasteiger partial charge < -0.3 is 9.84 Å². The lowest BCUT2D eigenvalue weighted by Crippen LogP contribution is -2.18. The highest BCUT2D eigenvalue weighted by atomic mass is 32.1. The van der Waals surface area contributed by atoms with E-state index < -0.39 is 6.10 Å². The van der Waals surface area contributed by atoms with Crippen molar-refractivity contribution in [2.24, 2.45) is 0 Å². The summed E-state index contributed by atoms with van der Waals surface area (Å²) in [6, 6.07) is 11.7. The first-order chi connectivity index (χ1) is 8.34. The van der Waals surface area contributed by atoms with Crippen LogP contribution >= 0.6 is 11.3 Å². The van der Waals surface area contributed by atoms with Crippen molar-refractivity contribution in [1.82, 2.24) is 0 Å². The van der Waals surface area contributed by atoms with Crippen molar-refractivity contribution in [3.8, 4) is 5.75 Å². The molecule has 3 heteroatoms. The Morgan fingerprint density at radius 1 is 1.18 bits per heavy atom. The maximum Gasteiger partial charge on any atom is 0.119 e. The zero-order valence-electron chi connectivity index (χ0n) is 9.58. The molecule has 17 heavy (non-hydrogen) atoms. The Morgan fingerprint density at radius 3 is 2.71 bits per heavy atom. The summed E-state index contributed by atoms with van der Waals surface area (Å²) in [5.74, 6) is 0.807. The van der Waals surface area contributed by atoms with Gasteiger partial charge in [0.05, 0.1) is 6.10 Å². The summed E-state index contributed by atoms with van der Waals surface area (Å²) in [6.07, 6.45) is 1.24. The zero-order chi connectivity index (χ0) is 11.9. The van der Waals surface area contributed by atoms with Gasteiger partial charge in [-0.25, -0.2) is 0 Å². The molecule has 0 saturated heterocycles. The van der Waals surface area contributed by atoms with Crippen molar-refractivity contribution in [2.45, 2.75) is 18.9 Å². The Balaban J connectivity index is 1.69. The minimum absolute atomic E-state index is 0.355. The van der Waals surface area contributed by atoms with E-state index in [1.165, 1.54) is 5.56 Å². The number of ether oxygens (including phenoxy) is 1. The number of hydrogen-bond acceptors (Lipinski definition) is 3. The first kappa shape index (κ1) is 12.1. The van der Waals surface area contributed by atoms with E-state index in [2.05, 4.69) is 16.8 Å². The molecule has 2 aromatic rings. The van der Waals surface area contributed by atoms with Crippen LogP contribution in [0.4, 0.5) is 0 Å². The van der Waals surface area contributed by atoms with Crippen LogP contribution in [0.3, 0.4) is 0 Å². The predicted octanol–water partition coefficient (Wildman–Crippen LogP) is 3.12. The second-order valence-electron chi connectivity index (χ2n) is 3.95. The molecule has 2 nitrogen and oxygen atoms in total. The van der Waals surface area contributed by atoms with Crippen LogP contribution in [0.5, 0.6) is 5.75 Å². The van der Waals surface area contributed by atoms with Gasteiger partial charge in [0.15, 0.2) is 0 Å². The van der Waals surface area contributed by atoms with Gasteiger partial charge in [0.25, 0.3) is 0 Å². The van der Waals surface area contributed by atoms with Crippen molar-refractivity contribution in [3.63, 3.8) is 0 Å². The molecule has 1 aromatic heterocycles. The molecular formula is C14H16O2S. The highest BCUT2D eigenvalue weighted by Crippen LogP contribution is 2.12. The van der Waals surface area contributed by atoms with Crippen LogP contribution in [0.25, 0.3) is 0 Å². The molecule has 0 saturated carbocycles. The molecule has 0 bridgehead atoms. The summed E-state index contributed by atoms with van der Waals surface area (Å²) >= 11 is 1.69. The van der Waals surface area contributed by atoms with Crippen LogP contribution in [0.15, 0.2) is 47.2 Å². The Bertz CT molecular complexity index is 411. The minimum atomic E-state index is -0.407. The Hall–Kier alpha value is -1.32. The molecule has 1 aromatic carbocycles. The van der Waals surface area contributed by atoms with E-state index >= 15 is 0 Å². The lowest BCUT2D eigenvalue weighted by Gasteiger charge is -2.11. The van der Waals surface area contributed by atoms with Crippen LogP contribution in [-0.4, -0.2) is 17.8 Å². The number of rotatable bonds is 6. The van der Waals surface area contributed by atoms with Crippen molar-refractivity contribution in [3.05, 3.63) is 52.7 Å². The maximum absolute atomic E-state index is 9.79. The largest absolute Gasteiger partial charge is 0.491 e. The van der Waals surface area contributed by atoms with Gasteiger partial charge in [-0.15, -0.1) is 0 Å². The zero-order valence-corrected chi connectivity index (χ0v) is 10.4. The summed E-state index contributed by atoms with van der Waals surface area (Å²) in [5, 5.41) is 14.0. The van der Waals surface area contributed by atoms with Gasteiger partial charge in [-0.05, 0) is 47.4 Å². The fraction of sp³-hybridized carbons (Fsp3) is 0.286. The van der Waals surface area contributed by atoms with E-state index in [1.54, 1.807) is 11.3 Å². The Labute approximate surface area is 105 Å². The third-order valence-corrected chi connectivity index (χ3v) is 3.26. The van der Waals surface area contributed by atoms with Gasteiger partial charge in [0, 0.05) is 0 Å². The van der Waals surface area contributed by atoms with Crippen molar-refractivity contribution in [2.75, 3.05) is 6.61 Å². The molecule has 0 spiro atoms. The Kier molecular flexibility index (Phi) is 4.59. The third kappa shape index (κ3) is 4.21. The van der Waals surface area contributed by atoms with Crippen LogP contribution in [-0.2, 0) is 6.42 Å². The van der Waals surface area contributed by atoms with Crippen molar-refractivity contribution in [1.29, 1.82) is 0 Å². The standard InChI is InChI=1S/C14H16O2S/c15-13(7-6-12-8-9-17-11-12)10-16-14-4-2-1-3-5-14/h1-5,8-9,11,13,15H,6-7,10H2. The number of para-hydroxylation sites is 1. The van der Waals surface area contributed by atoms with Gasteiger partial charge in [-0.1, -0.05) is 18.2 Å². The number of aliphatic hydroxyl groups is 1. The maximum atomic E-state index is 9.79. The Morgan fingerprint density at radius 2 is 2.00 bits per heavy atom. The second-order valence-corrected chi connectivity index (χ2v) is 4.73. The highest BCUT2D eigenvalue weighted by Gasteiger charge is 2.05. The number of aryl methyl sites for hydroxylation is 1. The van der Waals surface area contributed by atoms with E-state index in [4.69, 9.17) is 4.74 Å². The molecule has 90 valence electrons. The summed E-state index contributed by atoms with van der Waals surface area (Å²) in [7, 11) is 0. The predicted molar refractivity (Wildman–Crippen MR) is 70.6 cm³/mol. The lowest BCUT2D eigenvalue weighted by atomic mass is 10.1. The SMILES string of the molecule is OC(CCc1ccsc1)COc1ccccc1. The molecule has 0 aliphatic rings. The van der Waals surface area contributed by atoms with Gasteiger partial charge in [0.1, 0.15) is 12.4 Å². The first-order valence-corrected chi connectivity index (χ1v) is 6.66. The highest BCUT2D eigenvalue weighted by molar-refractivity contribution is 7.07. The van der Waals surface area contributed by atoms with Gasteiger partial charge in [-0.2, -0.15) is 11.3 Å². The number of thiophene rings is 1. The van der Waals surface area contributed by atoms with Crippen LogP contribution in [0, 0.1) is 0 Å². The normalized spacial score (nSPS) is 12.3. The molecule has 1 heterocycles. The molecular weight excluding hydrogens is 232 g/mol. The molecule has 0 aliphatic heterocycles. The monoisotopic (exact) mass is 248 g/mol. The van der Waals surface area contributed by atoms with Crippen LogP contribution < -0.4 is 4.74 Å². The fourth-order valence-electron chi connectivity index (χ4n) is 1.56. The van der Waals surface area contributed by atoms with Crippen LogP contribution in [0.1, 0.15) is 12.0 Å². The molecule has 0 aliphatic carbocycles. The average Bonchev–Trinajstić information content (AvgIpc) is 2.88. The average molecular weight is 248 g/mol. The summed E-state index contributed by atoms with van der Waals surface area (Å²) in [5.41, 5.74) is 1.29. The smallest absolute Gasteiger partial charge is 0.119 e. The number of hydrogen-bond donors (Lipinski definition) is 1. The van der Waals surface area contributed by atoms with Gasteiger partial charge >= 0.3 is 0 Å². The van der Waals surface area contributed by atoms with E-state index in [-0.39, 0.29) is 0 Å². The quantitative estimate of drug-likeness (QED) is 0.851. The fourth-order valence-corrected chi connectivity index (χ4v) is 2.26. The lowest BCUT2D eigenvalue weighted by molar-refractivity contribution is 0.100. The molecule has 2 rings (SSSR count). The van der Waals surface area contributed by atoms with E-state index in [9.17, 15) is 5.11 Å². The van der Waals surface area contributed by atoms with E-state index in [0.717, 1.165) is 18.6 Å². The third-order valence-electron chi connectivity index (χ3n) is 2.53. The van der Waals surface area contributed by atoms with Crippen LogP contribution in [0.2, 0.25) is 0 Å². The molecule has 0 fully saturated rings.